The first kappa shape index (κ1) is 18.8. The monoisotopic (exact) mass is 395 g/mol. The number of nitrogens with zero attached hydrogens (tertiary/aromatic N) is 2. The summed E-state index contributed by atoms with van der Waals surface area (Å²) in [4.78, 5) is 20.3. The van der Waals surface area contributed by atoms with Gasteiger partial charge in [-0.3, -0.25) is 9.69 Å². The van der Waals surface area contributed by atoms with E-state index in [1.807, 2.05) is 13.0 Å². The van der Waals surface area contributed by atoms with Gasteiger partial charge < -0.3 is 5.32 Å². The Morgan fingerprint density at radius 3 is 2.71 bits per heavy atom. The van der Waals surface area contributed by atoms with Crippen molar-refractivity contribution in [1.82, 2.24) is 15.2 Å². The van der Waals surface area contributed by atoms with E-state index in [2.05, 4.69) is 39.5 Å². The van der Waals surface area contributed by atoms with Gasteiger partial charge in [-0.1, -0.05) is 30.3 Å². The smallest absolute Gasteiger partial charge is 0.263 e. The van der Waals surface area contributed by atoms with Crippen LogP contribution in [0.5, 0.6) is 0 Å². The van der Waals surface area contributed by atoms with Crippen molar-refractivity contribution in [1.29, 1.82) is 0 Å². The second-order valence-corrected chi connectivity index (χ2v) is 8.12. The van der Waals surface area contributed by atoms with E-state index >= 15 is 0 Å². The highest BCUT2D eigenvalue weighted by molar-refractivity contribution is 7.17. The number of thiazole rings is 1. The van der Waals surface area contributed by atoms with Gasteiger partial charge in [0.1, 0.15) is 15.7 Å². The fourth-order valence-electron chi connectivity index (χ4n) is 3.51. The summed E-state index contributed by atoms with van der Waals surface area (Å²) >= 11 is 1.35. The number of carbonyl (C=O) groups is 1. The molecule has 1 aliphatic heterocycles. The van der Waals surface area contributed by atoms with Gasteiger partial charge in [0.2, 0.25) is 0 Å². The molecule has 1 saturated heterocycles. The summed E-state index contributed by atoms with van der Waals surface area (Å²) in [5, 5.41) is 3.89. The molecule has 0 unspecified atom stereocenters. The molecule has 0 radical (unpaired) electrons. The zero-order valence-electron chi connectivity index (χ0n) is 15.7. The third kappa shape index (κ3) is 4.29. The van der Waals surface area contributed by atoms with E-state index in [0.29, 0.717) is 10.6 Å². The van der Waals surface area contributed by atoms with Gasteiger partial charge in [-0.05, 0) is 43.2 Å². The second kappa shape index (κ2) is 8.20. The zero-order valence-corrected chi connectivity index (χ0v) is 16.5. The number of hydrogen-bond donors (Lipinski definition) is 1. The normalized spacial score (nSPS) is 17.0. The molecule has 0 spiro atoms. The van der Waals surface area contributed by atoms with Gasteiger partial charge in [0, 0.05) is 31.2 Å². The molecule has 1 aromatic heterocycles. The Balaban J connectivity index is 1.38. The SMILES string of the molecule is Cc1nc(-c2ccc(F)cc2)sc1C(=O)N[C@H]1CCN(Cc2ccccc2)C1. The fraction of sp³-hybridized carbons (Fsp3) is 0.273. The van der Waals surface area contributed by atoms with E-state index in [-0.39, 0.29) is 17.8 Å². The van der Waals surface area contributed by atoms with Crippen molar-refractivity contribution in [2.75, 3.05) is 13.1 Å². The molecule has 0 aliphatic carbocycles. The molecule has 6 heteroatoms. The van der Waals surface area contributed by atoms with E-state index in [4.69, 9.17) is 0 Å². The lowest BCUT2D eigenvalue weighted by Crippen LogP contribution is -2.36. The van der Waals surface area contributed by atoms with Crippen molar-refractivity contribution in [3.63, 3.8) is 0 Å². The van der Waals surface area contributed by atoms with E-state index in [9.17, 15) is 9.18 Å². The standard InChI is InChI=1S/C22H22FN3OS/c1-15-20(28-22(24-15)17-7-9-18(23)10-8-17)21(27)25-19-11-12-26(14-19)13-16-5-3-2-4-6-16/h2-10,19H,11-14H2,1H3,(H,25,27)/t19-/m0/s1. The largest absolute Gasteiger partial charge is 0.347 e. The molecule has 1 amide bonds. The number of aromatic nitrogens is 1. The Labute approximate surface area is 168 Å². The van der Waals surface area contributed by atoms with Crippen LogP contribution in [0.3, 0.4) is 0 Å². The number of halogens is 1. The fourth-order valence-corrected chi connectivity index (χ4v) is 4.48. The minimum Gasteiger partial charge on any atom is -0.347 e. The van der Waals surface area contributed by atoms with Gasteiger partial charge >= 0.3 is 0 Å². The summed E-state index contributed by atoms with van der Waals surface area (Å²) in [5.41, 5.74) is 2.82. The Bertz CT molecular complexity index is 956. The highest BCUT2D eigenvalue weighted by Gasteiger charge is 2.26. The Hall–Kier alpha value is -2.57. The molecule has 0 bridgehead atoms. The summed E-state index contributed by atoms with van der Waals surface area (Å²) < 4.78 is 13.1. The van der Waals surface area contributed by atoms with Crippen LogP contribution < -0.4 is 5.32 Å². The maximum absolute atomic E-state index is 13.1. The average molecular weight is 396 g/mol. The summed E-state index contributed by atoms with van der Waals surface area (Å²) in [5.74, 6) is -0.355. The molecule has 2 aromatic carbocycles. The van der Waals surface area contributed by atoms with Crippen LogP contribution in [0.15, 0.2) is 54.6 Å². The van der Waals surface area contributed by atoms with Crippen LogP contribution in [0.4, 0.5) is 4.39 Å². The average Bonchev–Trinajstić information content (AvgIpc) is 3.29. The van der Waals surface area contributed by atoms with Gasteiger partial charge in [0.15, 0.2) is 0 Å². The number of nitrogens with one attached hydrogen (secondary N) is 1. The highest BCUT2D eigenvalue weighted by atomic mass is 32.1. The molecule has 144 valence electrons. The minimum absolute atomic E-state index is 0.0741. The number of carbonyl (C=O) groups excluding carboxylic acids is 1. The Morgan fingerprint density at radius 1 is 1.21 bits per heavy atom. The van der Waals surface area contributed by atoms with Crippen LogP contribution in [0.25, 0.3) is 10.6 Å². The van der Waals surface area contributed by atoms with Crippen molar-refractivity contribution >= 4 is 17.2 Å². The molecular weight excluding hydrogens is 373 g/mol. The first-order valence-electron chi connectivity index (χ1n) is 9.39. The molecule has 2 heterocycles. The summed E-state index contributed by atoms with van der Waals surface area (Å²) in [6, 6.07) is 16.7. The third-order valence-corrected chi connectivity index (χ3v) is 6.16. The lowest BCUT2D eigenvalue weighted by molar-refractivity contribution is 0.0941. The predicted octanol–water partition coefficient (Wildman–Crippen LogP) is 4.26. The van der Waals surface area contributed by atoms with Crippen LogP contribution >= 0.6 is 11.3 Å². The third-order valence-electron chi connectivity index (χ3n) is 4.95. The van der Waals surface area contributed by atoms with Crippen LogP contribution in [0.1, 0.15) is 27.3 Å². The zero-order chi connectivity index (χ0) is 19.5. The van der Waals surface area contributed by atoms with Gasteiger partial charge in [0.05, 0.1) is 5.69 Å². The quantitative estimate of drug-likeness (QED) is 0.702. The molecular formula is C22H22FN3OS. The second-order valence-electron chi connectivity index (χ2n) is 7.12. The topological polar surface area (TPSA) is 45.2 Å². The van der Waals surface area contributed by atoms with Crippen molar-refractivity contribution in [2.45, 2.75) is 25.9 Å². The number of rotatable bonds is 5. The summed E-state index contributed by atoms with van der Waals surface area (Å²) in [7, 11) is 0. The van der Waals surface area contributed by atoms with E-state index in [1.54, 1.807) is 12.1 Å². The van der Waals surface area contributed by atoms with Crippen LogP contribution in [-0.4, -0.2) is 34.9 Å². The van der Waals surface area contributed by atoms with Gasteiger partial charge in [-0.15, -0.1) is 11.3 Å². The first-order chi connectivity index (χ1) is 13.6. The van der Waals surface area contributed by atoms with E-state index in [0.717, 1.165) is 36.6 Å². The molecule has 28 heavy (non-hydrogen) atoms. The molecule has 3 aromatic rings. The molecule has 1 fully saturated rings. The van der Waals surface area contributed by atoms with Crippen LogP contribution in [-0.2, 0) is 6.54 Å². The van der Waals surface area contributed by atoms with E-state index in [1.165, 1.54) is 29.0 Å². The van der Waals surface area contributed by atoms with Crippen LogP contribution in [0, 0.1) is 12.7 Å². The predicted molar refractivity (Wildman–Crippen MR) is 110 cm³/mol. The number of amides is 1. The van der Waals surface area contributed by atoms with Crippen molar-refractivity contribution in [3.05, 3.63) is 76.5 Å². The van der Waals surface area contributed by atoms with Gasteiger partial charge in [-0.25, -0.2) is 9.37 Å². The van der Waals surface area contributed by atoms with Crippen molar-refractivity contribution < 1.29 is 9.18 Å². The number of benzene rings is 2. The summed E-state index contributed by atoms with van der Waals surface area (Å²) in [6.45, 7) is 4.57. The van der Waals surface area contributed by atoms with Gasteiger partial charge in [-0.2, -0.15) is 0 Å². The first-order valence-corrected chi connectivity index (χ1v) is 10.2. The Kier molecular flexibility index (Phi) is 5.50. The van der Waals surface area contributed by atoms with Gasteiger partial charge in [0.25, 0.3) is 5.91 Å². The number of likely N-dealkylation sites (tertiary alicyclic amines) is 1. The summed E-state index contributed by atoms with van der Waals surface area (Å²) in [6.07, 6.45) is 0.946. The lowest BCUT2D eigenvalue weighted by Gasteiger charge is -2.16. The molecule has 4 nitrogen and oxygen atoms in total. The molecule has 1 aliphatic rings. The maximum atomic E-state index is 13.1. The van der Waals surface area contributed by atoms with Crippen molar-refractivity contribution in [3.8, 4) is 10.6 Å². The number of hydrogen-bond acceptors (Lipinski definition) is 4. The number of aryl methyl sites for hydroxylation is 1. The molecule has 1 atom stereocenters. The lowest BCUT2D eigenvalue weighted by atomic mass is 10.2. The molecule has 1 N–H and O–H groups in total. The maximum Gasteiger partial charge on any atom is 0.263 e. The van der Waals surface area contributed by atoms with E-state index < -0.39 is 0 Å². The van der Waals surface area contributed by atoms with Crippen LogP contribution in [0.2, 0.25) is 0 Å². The Morgan fingerprint density at radius 2 is 1.96 bits per heavy atom. The van der Waals surface area contributed by atoms with Crippen molar-refractivity contribution in [2.24, 2.45) is 0 Å². The highest BCUT2D eigenvalue weighted by Crippen LogP contribution is 2.28. The molecule has 0 saturated carbocycles. The minimum atomic E-state index is -0.281. The molecule has 4 rings (SSSR count).